The molecule has 1 aliphatic carbocycles. The number of hydrogen-bond donors (Lipinski definition) is 3. The molecule has 31 heavy (non-hydrogen) atoms. The van der Waals surface area contributed by atoms with Crippen LogP contribution in [-0.2, 0) is 19.4 Å². The van der Waals surface area contributed by atoms with Crippen molar-refractivity contribution in [3.8, 4) is 0 Å². The highest BCUT2D eigenvalue weighted by atomic mass is 19.1. The molecule has 0 saturated carbocycles. The molecule has 0 aliphatic heterocycles. The van der Waals surface area contributed by atoms with Crippen molar-refractivity contribution < 1.29 is 4.39 Å². The Bertz CT molecular complexity index is 1140. The second-order valence-electron chi connectivity index (χ2n) is 7.89. The average molecular weight is 415 g/mol. The van der Waals surface area contributed by atoms with Crippen LogP contribution in [0.4, 0.5) is 21.5 Å². The van der Waals surface area contributed by atoms with Crippen LogP contribution in [0.25, 0.3) is 6.08 Å². The maximum absolute atomic E-state index is 14.0. The molecule has 0 saturated heterocycles. The molecule has 0 fully saturated rings. The van der Waals surface area contributed by atoms with Gasteiger partial charge in [0.05, 0.1) is 12.9 Å². The lowest BCUT2D eigenvalue weighted by atomic mass is 9.88. The number of nitrogen functional groups attached to an aromatic ring is 2. The quantitative estimate of drug-likeness (QED) is 0.284. The second-order valence-corrected chi connectivity index (χ2v) is 7.89. The van der Waals surface area contributed by atoms with Crippen LogP contribution in [0.1, 0.15) is 39.8 Å². The molecule has 0 amide bonds. The van der Waals surface area contributed by atoms with E-state index in [0.29, 0.717) is 17.8 Å². The summed E-state index contributed by atoms with van der Waals surface area (Å²) in [5.74, 6) is -0.219. The Morgan fingerprint density at radius 2 is 1.94 bits per heavy atom. The van der Waals surface area contributed by atoms with Crippen LogP contribution in [0, 0.1) is 12.7 Å². The maximum atomic E-state index is 14.0. The molecule has 5 heteroatoms. The van der Waals surface area contributed by atoms with Gasteiger partial charge in [-0.1, -0.05) is 36.4 Å². The Labute approximate surface area is 182 Å². The number of hydrogen-bond acceptors (Lipinski definition) is 3. The first-order valence-electron chi connectivity index (χ1n) is 10.5. The van der Waals surface area contributed by atoms with Gasteiger partial charge in [0.1, 0.15) is 5.82 Å². The van der Waals surface area contributed by atoms with E-state index in [1.807, 2.05) is 31.2 Å². The lowest BCUT2D eigenvalue weighted by Gasteiger charge is -2.20. The van der Waals surface area contributed by atoms with Gasteiger partial charge in [0.25, 0.3) is 0 Å². The van der Waals surface area contributed by atoms with Crippen molar-refractivity contribution in [3.05, 3.63) is 93.8 Å². The molecule has 0 spiro atoms. The number of benzene rings is 3. The molecular weight excluding hydrogens is 387 g/mol. The normalized spacial score (nSPS) is 12.8. The molecule has 0 bridgehead atoms. The van der Waals surface area contributed by atoms with E-state index in [-0.39, 0.29) is 5.82 Å². The number of nitrogens with two attached hydrogens (primary N) is 2. The van der Waals surface area contributed by atoms with Crippen molar-refractivity contribution in [2.45, 2.75) is 32.7 Å². The van der Waals surface area contributed by atoms with Crippen LogP contribution in [0.15, 0.2) is 59.6 Å². The minimum atomic E-state index is -0.219. The molecule has 0 aromatic heterocycles. The predicted molar refractivity (Wildman–Crippen MR) is 129 cm³/mol. The van der Waals surface area contributed by atoms with E-state index in [9.17, 15) is 4.39 Å². The Balaban J connectivity index is 1.54. The standard InChI is InChI=1S/C26H27FN4/c1-17-5-4-8-24(27)23(17)15-30-16-31-26-12-10-18(21-6-2-3-7-22(21)26)13-19-9-11-20(28)14-25(19)29/h3-5,7-12,14,16H,2,6,13,15,28-29H2,1H3,(H,30,31). The van der Waals surface area contributed by atoms with E-state index in [4.69, 9.17) is 11.5 Å². The van der Waals surface area contributed by atoms with Gasteiger partial charge < -0.3 is 16.8 Å². The number of halogens is 1. The third-order valence-corrected chi connectivity index (χ3v) is 5.76. The summed E-state index contributed by atoms with van der Waals surface area (Å²) in [5.41, 5.74) is 20.8. The zero-order chi connectivity index (χ0) is 21.8. The fourth-order valence-corrected chi connectivity index (χ4v) is 4.01. The first-order valence-corrected chi connectivity index (χ1v) is 10.5. The minimum absolute atomic E-state index is 0.219. The first kappa shape index (κ1) is 20.7. The molecule has 4 rings (SSSR count). The Morgan fingerprint density at radius 3 is 2.74 bits per heavy atom. The number of aliphatic imine (C=N–C) groups is 1. The number of aryl methyl sites for hydroxylation is 1. The van der Waals surface area contributed by atoms with Gasteiger partial charge in [-0.25, -0.2) is 4.39 Å². The molecule has 4 nitrogen and oxygen atoms in total. The van der Waals surface area contributed by atoms with Gasteiger partial charge in [-0.05, 0) is 72.7 Å². The average Bonchev–Trinajstić information content (AvgIpc) is 2.76. The summed E-state index contributed by atoms with van der Waals surface area (Å²) in [6, 6.07) is 15.0. The number of allylic oxidation sites excluding steroid dienone is 1. The smallest absolute Gasteiger partial charge is 0.128 e. The zero-order valence-corrected chi connectivity index (χ0v) is 17.7. The summed E-state index contributed by atoms with van der Waals surface area (Å²) in [7, 11) is 0. The molecule has 0 heterocycles. The number of fused-ring (bicyclic) bond motifs is 1. The number of nitrogens with one attached hydrogen (secondary N) is 1. The number of anilines is 3. The molecule has 0 unspecified atom stereocenters. The molecule has 5 N–H and O–H groups in total. The minimum Gasteiger partial charge on any atom is -0.399 e. The molecule has 0 atom stereocenters. The van der Waals surface area contributed by atoms with E-state index in [1.165, 1.54) is 22.8 Å². The van der Waals surface area contributed by atoms with Crippen LogP contribution in [0.5, 0.6) is 0 Å². The van der Waals surface area contributed by atoms with Crippen LogP contribution in [0.2, 0.25) is 0 Å². The van der Waals surface area contributed by atoms with Crippen LogP contribution >= 0.6 is 0 Å². The fraction of sp³-hybridized carbons (Fsp3) is 0.192. The number of rotatable bonds is 6. The van der Waals surface area contributed by atoms with E-state index in [0.717, 1.165) is 41.8 Å². The monoisotopic (exact) mass is 414 g/mol. The predicted octanol–water partition coefficient (Wildman–Crippen LogP) is 5.49. The Hall–Kier alpha value is -3.60. The molecule has 3 aromatic carbocycles. The molecule has 158 valence electrons. The lowest BCUT2D eigenvalue weighted by molar-refractivity contribution is 0.609. The van der Waals surface area contributed by atoms with Gasteiger partial charge in [0, 0.05) is 28.2 Å². The SMILES string of the molecule is Cc1cccc(F)c1CN=CNc1ccc(Cc2ccc(N)cc2N)c2c1C=CCC2. The summed E-state index contributed by atoms with van der Waals surface area (Å²) in [6.45, 7) is 2.20. The van der Waals surface area contributed by atoms with Gasteiger partial charge in [0.2, 0.25) is 0 Å². The van der Waals surface area contributed by atoms with Crippen LogP contribution < -0.4 is 16.8 Å². The van der Waals surface area contributed by atoms with E-state index in [2.05, 4.69) is 34.6 Å². The lowest BCUT2D eigenvalue weighted by Crippen LogP contribution is -2.07. The van der Waals surface area contributed by atoms with Crippen LogP contribution in [0.3, 0.4) is 0 Å². The molecular formula is C26H27FN4. The van der Waals surface area contributed by atoms with Crippen molar-refractivity contribution in [1.82, 2.24) is 0 Å². The first-order chi connectivity index (χ1) is 15.0. The Kier molecular flexibility index (Phi) is 6.03. The third-order valence-electron chi connectivity index (χ3n) is 5.76. The van der Waals surface area contributed by atoms with Gasteiger partial charge in [-0.3, -0.25) is 4.99 Å². The summed E-state index contributed by atoms with van der Waals surface area (Å²) in [4.78, 5) is 4.39. The molecule has 1 aliphatic rings. The van der Waals surface area contributed by atoms with Gasteiger partial charge in [-0.15, -0.1) is 0 Å². The fourth-order valence-electron chi connectivity index (χ4n) is 4.01. The Morgan fingerprint density at radius 1 is 1.10 bits per heavy atom. The van der Waals surface area contributed by atoms with Crippen molar-refractivity contribution in [2.75, 3.05) is 16.8 Å². The highest BCUT2D eigenvalue weighted by Crippen LogP contribution is 2.32. The van der Waals surface area contributed by atoms with Crippen molar-refractivity contribution in [3.63, 3.8) is 0 Å². The van der Waals surface area contributed by atoms with Crippen molar-refractivity contribution in [1.29, 1.82) is 0 Å². The zero-order valence-electron chi connectivity index (χ0n) is 17.7. The summed E-state index contributed by atoms with van der Waals surface area (Å²) < 4.78 is 14.0. The topological polar surface area (TPSA) is 76.4 Å². The largest absolute Gasteiger partial charge is 0.399 e. The highest BCUT2D eigenvalue weighted by Gasteiger charge is 2.15. The van der Waals surface area contributed by atoms with Gasteiger partial charge in [0.15, 0.2) is 0 Å². The summed E-state index contributed by atoms with van der Waals surface area (Å²) in [5, 5.41) is 3.29. The number of nitrogens with zero attached hydrogens (tertiary/aromatic N) is 1. The van der Waals surface area contributed by atoms with E-state index in [1.54, 1.807) is 12.4 Å². The van der Waals surface area contributed by atoms with E-state index >= 15 is 0 Å². The van der Waals surface area contributed by atoms with Crippen LogP contribution in [-0.4, -0.2) is 6.34 Å². The van der Waals surface area contributed by atoms with Gasteiger partial charge in [-0.2, -0.15) is 0 Å². The van der Waals surface area contributed by atoms with Crippen molar-refractivity contribution in [2.24, 2.45) is 4.99 Å². The highest BCUT2D eigenvalue weighted by molar-refractivity contribution is 5.83. The summed E-state index contributed by atoms with van der Waals surface area (Å²) in [6.07, 6.45) is 8.77. The van der Waals surface area contributed by atoms with Crippen molar-refractivity contribution >= 4 is 29.5 Å². The molecule has 3 aromatic rings. The molecule has 0 radical (unpaired) electrons. The second kappa shape index (κ2) is 9.04. The maximum Gasteiger partial charge on any atom is 0.128 e. The third kappa shape index (κ3) is 4.61. The van der Waals surface area contributed by atoms with E-state index < -0.39 is 0 Å². The summed E-state index contributed by atoms with van der Waals surface area (Å²) >= 11 is 0. The van der Waals surface area contributed by atoms with Gasteiger partial charge >= 0.3 is 0 Å².